The van der Waals surface area contributed by atoms with Crippen molar-refractivity contribution in [2.24, 2.45) is 0 Å². The van der Waals surface area contributed by atoms with Crippen molar-refractivity contribution in [2.45, 2.75) is 0 Å². The van der Waals surface area contributed by atoms with Crippen LogP contribution >= 0.6 is 11.6 Å². The fraction of sp³-hybridized carbons (Fsp3) is 0.125. The number of hydrogen-bond acceptors (Lipinski definition) is 3. The van der Waals surface area contributed by atoms with E-state index in [-0.39, 0.29) is 5.91 Å². The molecule has 3 rings (SSSR count). The molecule has 1 N–H and O–H groups in total. The second-order valence-electron chi connectivity index (χ2n) is 5.01. The summed E-state index contributed by atoms with van der Waals surface area (Å²) in [5.74, 6) is 0.339. The molecule has 0 bridgehead atoms. The molecule has 0 unspecified atom stereocenters. The first-order valence-corrected chi connectivity index (χ1v) is 6.89. The third kappa shape index (κ3) is 2.50. The molecule has 0 radical (unpaired) electrons. The van der Waals surface area contributed by atoms with Crippen molar-refractivity contribution in [1.82, 2.24) is 4.98 Å². The summed E-state index contributed by atoms with van der Waals surface area (Å²) in [7, 11) is 3.97. The van der Waals surface area contributed by atoms with E-state index in [4.69, 9.17) is 11.6 Å². The van der Waals surface area contributed by atoms with E-state index < -0.39 is 0 Å². The Labute approximate surface area is 128 Å². The van der Waals surface area contributed by atoms with Gasteiger partial charge in [0.15, 0.2) is 0 Å². The number of pyridine rings is 1. The van der Waals surface area contributed by atoms with Crippen molar-refractivity contribution in [3.63, 3.8) is 0 Å². The van der Waals surface area contributed by atoms with Gasteiger partial charge in [0.25, 0.3) is 5.91 Å². The average Bonchev–Trinajstić information content (AvgIpc) is 2.77. The smallest absolute Gasteiger partial charge is 0.257 e. The second-order valence-corrected chi connectivity index (χ2v) is 5.42. The largest absolute Gasteiger partial charge is 0.378 e. The summed E-state index contributed by atoms with van der Waals surface area (Å²) in [4.78, 5) is 18.2. The Hall–Kier alpha value is -2.33. The van der Waals surface area contributed by atoms with Crippen LogP contribution in [0.1, 0.15) is 11.1 Å². The minimum absolute atomic E-state index is 0.178. The molecule has 1 aliphatic rings. The minimum atomic E-state index is -0.178. The normalized spacial score (nSPS) is 15.0. The van der Waals surface area contributed by atoms with Gasteiger partial charge in [0.2, 0.25) is 0 Å². The lowest BCUT2D eigenvalue weighted by Gasteiger charge is -2.12. The van der Waals surface area contributed by atoms with Gasteiger partial charge in [0.05, 0.1) is 10.6 Å². The van der Waals surface area contributed by atoms with E-state index in [1.165, 1.54) is 0 Å². The summed E-state index contributed by atoms with van der Waals surface area (Å²) in [5.41, 5.74) is 3.26. The standard InChI is InChI=1S/C16H14ClN3O/c1-20(2)11-5-3-10(4-6-11)9-12-14-13(17)7-8-18-15(14)19-16(12)21/h3-9H,1-2H3,(H,18,19,21)/b12-9-. The molecule has 2 aromatic rings. The first kappa shape index (κ1) is 13.6. The molecule has 2 heterocycles. The van der Waals surface area contributed by atoms with Gasteiger partial charge in [-0.2, -0.15) is 0 Å². The van der Waals surface area contributed by atoms with Crippen molar-refractivity contribution in [3.05, 3.63) is 52.7 Å². The highest BCUT2D eigenvalue weighted by molar-refractivity contribution is 6.41. The molecular formula is C16H14ClN3O. The Morgan fingerprint density at radius 1 is 1.19 bits per heavy atom. The summed E-state index contributed by atoms with van der Waals surface area (Å²) >= 11 is 6.18. The zero-order chi connectivity index (χ0) is 15.0. The molecule has 1 amide bonds. The molecule has 1 aromatic heterocycles. The number of carbonyl (C=O) groups excluding carboxylic acids is 1. The number of rotatable bonds is 2. The van der Waals surface area contributed by atoms with Gasteiger partial charge in [0, 0.05) is 31.5 Å². The number of aromatic nitrogens is 1. The summed E-state index contributed by atoms with van der Waals surface area (Å²) in [5, 5.41) is 3.25. The van der Waals surface area contributed by atoms with Crippen LogP contribution in [0.3, 0.4) is 0 Å². The number of amides is 1. The highest BCUT2D eigenvalue weighted by Crippen LogP contribution is 2.36. The molecule has 21 heavy (non-hydrogen) atoms. The highest BCUT2D eigenvalue weighted by atomic mass is 35.5. The number of benzene rings is 1. The zero-order valence-corrected chi connectivity index (χ0v) is 12.5. The second kappa shape index (κ2) is 5.22. The van der Waals surface area contributed by atoms with E-state index in [0.29, 0.717) is 22.0 Å². The number of halogens is 1. The Balaban J connectivity index is 2.03. The van der Waals surface area contributed by atoms with Gasteiger partial charge in [-0.15, -0.1) is 0 Å². The third-order valence-corrected chi connectivity index (χ3v) is 3.68. The van der Waals surface area contributed by atoms with Gasteiger partial charge in [-0.3, -0.25) is 4.79 Å². The molecule has 0 aliphatic carbocycles. The van der Waals surface area contributed by atoms with Crippen molar-refractivity contribution in [3.8, 4) is 0 Å². The van der Waals surface area contributed by atoms with E-state index in [0.717, 1.165) is 11.3 Å². The third-order valence-electron chi connectivity index (χ3n) is 3.37. The van der Waals surface area contributed by atoms with Gasteiger partial charge < -0.3 is 10.2 Å². The van der Waals surface area contributed by atoms with Gasteiger partial charge in [-0.25, -0.2) is 4.98 Å². The Kier molecular flexibility index (Phi) is 3.39. The van der Waals surface area contributed by atoms with Crippen LogP contribution in [0.5, 0.6) is 0 Å². The van der Waals surface area contributed by atoms with Crippen LogP contribution in [0.4, 0.5) is 11.5 Å². The number of carbonyl (C=O) groups is 1. The summed E-state index contributed by atoms with van der Waals surface area (Å²) < 4.78 is 0. The zero-order valence-electron chi connectivity index (χ0n) is 11.7. The highest BCUT2D eigenvalue weighted by Gasteiger charge is 2.27. The Morgan fingerprint density at radius 2 is 1.90 bits per heavy atom. The molecule has 0 spiro atoms. The Bertz CT molecular complexity index is 736. The van der Waals surface area contributed by atoms with Gasteiger partial charge >= 0.3 is 0 Å². The summed E-state index contributed by atoms with van der Waals surface area (Å²) in [6.45, 7) is 0. The van der Waals surface area contributed by atoms with Crippen molar-refractivity contribution < 1.29 is 4.79 Å². The molecule has 1 aromatic carbocycles. The molecule has 0 atom stereocenters. The van der Waals surface area contributed by atoms with E-state index >= 15 is 0 Å². The van der Waals surface area contributed by atoms with Crippen LogP contribution in [-0.2, 0) is 4.79 Å². The fourth-order valence-electron chi connectivity index (χ4n) is 2.25. The molecule has 0 saturated heterocycles. The van der Waals surface area contributed by atoms with Crippen LogP contribution in [0.15, 0.2) is 36.5 Å². The van der Waals surface area contributed by atoms with E-state index in [1.807, 2.05) is 49.3 Å². The first-order chi connectivity index (χ1) is 10.1. The van der Waals surface area contributed by atoms with Gasteiger partial charge in [-0.1, -0.05) is 23.7 Å². The maximum atomic E-state index is 12.1. The minimum Gasteiger partial charge on any atom is -0.378 e. The van der Waals surface area contributed by atoms with Crippen LogP contribution in [0, 0.1) is 0 Å². The molecular weight excluding hydrogens is 286 g/mol. The maximum absolute atomic E-state index is 12.1. The predicted molar refractivity (Wildman–Crippen MR) is 86.5 cm³/mol. The van der Waals surface area contributed by atoms with Crippen LogP contribution in [0.2, 0.25) is 5.02 Å². The molecule has 5 heteroatoms. The van der Waals surface area contributed by atoms with Crippen LogP contribution < -0.4 is 10.2 Å². The monoisotopic (exact) mass is 299 g/mol. The lowest BCUT2D eigenvalue weighted by Crippen LogP contribution is -2.08. The average molecular weight is 300 g/mol. The van der Waals surface area contributed by atoms with Crippen LogP contribution in [-0.4, -0.2) is 25.0 Å². The number of hydrogen-bond donors (Lipinski definition) is 1. The molecule has 4 nitrogen and oxygen atoms in total. The lowest BCUT2D eigenvalue weighted by molar-refractivity contribution is -0.110. The van der Waals surface area contributed by atoms with Crippen molar-refractivity contribution in [1.29, 1.82) is 0 Å². The molecule has 0 fully saturated rings. The van der Waals surface area contributed by atoms with E-state index in [2.05, 4.69) is 10.3 Å². The topological polar surface area (TPSA) is 45.2 Å². The summed E-state index contributed by atoms with van der Waals surface area (Å²) in [6.07, 6.45) is 3.41. The lowest BCUT2D eigenvalue weighted by atomic mass is 10.1. The number of fused-ring (bicyclic) bond motifs is 1. The van der Waals surface area contributed by atoms with E-state index in [1.54, 1.807) is 12.3 Å². The summed E-state index contributed by atoms with van der Waals surface area (Å²) in [6, 6.07) is 9.63. The molecule has 1 aliphatic heterocycles. The first-order valence-electron chi connectivity index (χ1n) is 6.51. The Morgan fingerprint density at radius 3 is 2.57 bits per heavy atom. The quantitative estimate of drug-likeness (QED) is 0.866. The number of nitrogens with one attached hydrogen (secondary N) is 1. The predicted octanol–water partition coefficient (Wildman–Crippen LogP) is 3.29. The maximum Gasteiger partial charge on any atom is 0.257 e. The number of nitrogens with zero attached hydrogens (tertiary/aromatic N) is 2. The van der Waals surface area contributed by atoms with Gasteiger partial charge in [-0.05, 0) is 29.8 Å². The van der Waals surface area contributed by atoms with Crippen molar-refractivity contribution >= 4 is 40.7 Å². The van der Waals surface area contributed by atoms with Crippen molar-refractivity contribution in [2.75, 3.05) is 24.3 Å². The number of anilines is 2. The van der Waals surface area contributed by atoms with Crippen LogP contribution in [0.25, 0.3) is 11.6 Å². The molecule has 0 saturated carbocycles. The fourth-order valence-corrected chi connectivity index (χ4v) is 2.50. The van der Waals surface area contributed by atoms with E-state index in [9.17, 15) is 4.79 Å². The SMILES string of the molecule is CN(C)c1ccc(/C=C2\C(=O)Nc3nccc(Cl)c32)cc1. The molecule has 106 valence electrons. The van der Waals surface area contributed by atoms with Gasteiger partial charge in [0.1, 0.15) is 5.82 Å².